The van der Waals surface area contributed by atoms with E-state index in [-0.39, 0.29) is 5.92 Å². The minimum atomic E-state index is -1.39. The molecule has 0 aromatic heterocycles. The van der Waals surface area contributed by atoms with E-state index >= 15 is 0 Å². The topological polar surface area (TPSA) is 26.3 Å². The van der Waals surface area contributed by atoms with E-state index in [1.165, 1.54) is 0 Å². The molecule has 1 aliphatic rings. The third-order valence-corrected chi connectivity index (χ3v) is 3.54. The van der Waals surface area contributed by atoms with Crippen molar-refractivity contribution in [3.63, 3.8) is 0 Å². The van der Waals surface area contributed by atoms with Gasteiger partial charge in [0.2, 0.25) is 0 Å². The Kier molecular flexibility index (Phi) is 3.57. The van der Waals surface area contributed by atoms with E-state index in [2.05, 4.69) is 0 Å². The maximum absolute atomic E-state index is 14.8. The summed E-state index contributed by atoms with van der Waals surface area (Å²) in [7, 11) is 0. The number of hydrogen-bond acceptors (Lipinski definition) is 2. The van der Waals surface area contributed by atoms with E-state index in [1.807, 2.05) is 0 Å². The summed E-state index contributed by atoms with van der Waals surface area (Å²) in [6.45, 7) is 2.81. The van der Waals surface area contributed by atoms with Crippen LogP contribution in [0.15, 0.2) is 24.3 Å². The maximum Gasteiger partial charge on any atom is 0.150 e. The van der Waals surface area contributed by atoms with Crippen molar-refractivity contribution in [3.8, 4) is 0 Å². The molecule has 0 aliphatic carbocycles. The van der Waals surface area contributed by atoms with E-state index < -0.39 is 5.67 Å². The third-order valence-electron chi connectivity index (χ3n) is 3.54. The SMILES string of the molecule is CC(F)(c1ccc(C=O)cc1)C1CCCOC1. The summed E-state index contributed by atoms with van der Waals surface area (Å²) in [6.07, 6.45) is 2.53. The van der Waals surface area contributed by atoms with Gasteiger partial charge in [-0.15, -0.1) is 0 Å². The highest BCUT2D eigenvalue weighted by atomic mass is 19.1. The molecule has 17 heavy (non-hydrogen) atoms. The van der Waals surface area contributed by atoms with E-state index in [0.717, 1.165) is 25.7 Å². The number of aldehydes is 1. The largest absolute Gasteiger partial charge is 0.381 e. The predicted octanol–water partition coefficient (Wildman–Crippen LogP) is 3.11. The fourth-order valence-electron chi connectivity index (χ4n) is 2.29. The Hall–Kier alpha value is -1.22. The summed E-state index contributed by atoms with van der Waals surface area (Å²) in [6, 6.07) is 6.70. The normalized spacial score (nSPS) is 24.0. The number of carbonyl (C=O) groups is 1. The van der Waals surface area contributed by atoms with Gasteiger partial charge in [0.05, 0.1) is 6.61 Å². The monoisotopic (exact) mass is 236 g/mol. The van der Waals surface area contributed by atoms with E-state index in [9.17, 15) is 9.18 Å². The van der Waals surface area contributed by atoms with E-state index in [1.54, 1.807) is 31.2 Å². The van der Waals surface area contributed by atoms with Crippen molar-refractivity contribution in [1.82, 2.24) is 0 Å². The van der Waals surface area contributed by atoms with Crippen LogP contribution in [0.4, 0.5) is 4.39 Å². The summed E-state index contributed by atoms with van der Waals surface area (Å²) in [5.74, 6) is -0.0988. The van der Waals surface area contributed by atoms with Crippen molar-refractivity contribution in [2.45, 2.75) is 25.4 Å². The molecular weight excluding hydrogens is 219 g/mol. The fraction of sp³-hybridized carbons (Fsp3) is 0.500. The Bertz CT molecular complexity index is 378. The fourth-order valence-corrected chi connectivity index (χ4v) is 2.29. The molecule has 2 atom stereocenters. The van der Waals surface area contributed by atoms with Crippen molar-refractivity contribution in [2.75, 3.05) is 13.2 Å². The Balaban J connectivity index is 2.19. The highest BCUT2D eigenvalue weighted by molar-refractivity contribution is 5.74. The lowest BCUT2D eigenvalue weighted by molar-refractivity contribution is -0.0232. The zero-order chi connectivity index (χ0) is 12.3. The highest BCUT2D eigenvalue weighted by Gasteiger charge is 2.37. The van der Waals surface area contributed by atoms with Gasteiger partial charge in [-0.1, -0.05) is 24.3 Å². The third kappa shape index (κ3) is 2.55. The van der Waals surface area contributed by atoms with Crippen LogP contribution in [0.3, 0.4) is 0 Å². The van der Waals surface area contributed by atoms with Gasteiger partial charge in [0.15, 0.2) is 0 Å². The molecule has 2 rings (SSSR count). The molecule has 2 nitrogen and oxygen atoms in total. The first-order valence-corrected chi connectivity index (χ1v) is 5.97. The lowest BCUT2D eigenvalue weighted by Crippen LogP contribution is -2.33. The summed E-state index contributed by atoms with van der Waals surface area (Å²) in [5.41, 5.74) is -0.190. The summed E-state index contributed by atoms with van der Waals surface area (Å²) < 4.78 is 20.1. The lowest BCUT2D eigenvalue weighted by Gasteiger charge is -2.33. The minimum Gasteiger partial charge on any atom is -0.381 e. The van der Waals surface area contributed by atoms with Crippen LogP contribution in [0.2, 0.25) is 0 Å². The first-order chi connectivity index (χ1) is 8.14. The van der Waals surface area contributed by atoms with Crippen LogP contribution in [-0.4, -0.2) is 19.5 Å². The van der Waals surface area contributed by atoms with Crippen LogP contribution in [0, 0.1) is 5.92 Å². The average Bonchev–Trinajstić information content (AvgIpc) is 2.40. The van der Waals surface area contributed by atoms with Gasteiger partial charge in [-0.25, -0.2) is 4.39 Å². The first kappa shape index (κ1) is 12.2. The lowest BCUT2D eigenvalue weighted by atomic mass is 9.81. The van der Waals surface area contributed by atoms with Crippen molar-refractivity contribution >= 4 is 6.29 Å². The molecule has 0 spiro atoms. The first-order valence-electron chi connectivity index (χ1n) is 5.97. The summed E-state index contributed by atoms with van der Waals surface area (Å²) in [5, 5.41) is 0. The number of hydrogen-bond donors (Lipinski definition) is 0. The van der Waals surface area contributed by atoms with Gasteiger partial charge in [0, 0.05) is 18.1 Å². The molecule has 1 fully saturated rings. The van der Waals surface area contributed by atoms with Crippen LogP contribution in [-0.2, 0) is 10.4 Å². The van der Waals surface area contributed by atoms with Gasteiger partial charge in [-0.05, 0) is 25.3 Å². The molecule has 3 heteroatoms. The van der Waals surface area contributed by atoms with Gasteiger partial charge in [-0.3, -0.25) is 4.79 Å². The summed E-state index contributed by atoms with van der Waals surface area (Å²) >= 11 is 0. The molecular formula is C14H17FO2. The standard InChI is InChI=1S/C14H17FO2/c1-14(15,13-3-2-8-17-10-13)12-6-4-11(9-16)5-7-12/h4-7,9,13H,2-3,8,10H2,1H3. The molecule has 1 aliphatic heterocycles. The van der Waals surface area contributed by atoms with Gasteiger partial charge in [0.25, 0.3) is 0 Å². The molecule has 0 saturated carbocycles. The number of rotatable bonds is 3. The minimum absolute atomic E-state index is 0.0988. The van der Waals surface area contributed by atoms with Crippen LogP contribution in [0.5, 0.6) is 0 Å². The quantitative estimate of drug-likeness (QED) is 0.754. The van der Waals surface area contributed by atoms with Gasteiger partial charge in [-0.2, -0.15) is 0 Å². The predicted molar refractivity (Wildman–Crippen MR) is 63.8 cm³/mol. The number of ether oxygens (including phenoxy) is 1. The maximum atomic E-state index is 14.8. The smallest absolute Gasteiger partial charge is 0.150 e. The molecule has 0 N–H and O–H groups in total. The number of carbonyl (C=O) groups excluding carboxylic acids is 1. The molecule has 1 saturated heterocycles. The van der Waals surface area contributed by atoms with E-state index in [4.69, 9.17) is 4.74 Å². The average molecular weight is 236 g/mol. The van der Waals surface area contributed by atoms with Crippen molar-refractivity contribution in [1.29, 1.82) is 0 Å². The Morgan fingerprint density at radius 1 is 1.41 bits per heavy atom. The van der Waals surface area contributed by atoms with Gasteiger partial charge in [0.1, 0.15) is 12.0 Å². The molecule has 0 bridgehead atoms. The molecule has 1 aromatic carbocycles. The van der Waals surface area contributed by atoms with Crippen molar-refractivity contribution in [3.05, 3.63) is 35.4 Å². The second-order valence-electron chi connectivity index (χ2n) is 4.73. The van der Waals surface area contributed by atoms with Crippen LogP contribution in [0.25, 0.3) is 0 Å². The molecule has 92 valence electrons. The Morgan fingerprint density at radius 3 is 2.65 bits per heavy atom. The van der Waals surface area contributed by atoms with E-state index in [0.29, 0.717) is 17.7 Å². The second-order valence-corrected chi connectivity index (χ2v) is 4.73. The van der Waals surface area contributed by atoms with Crippen LogP contribution in [0.1, 0.15) is 35.7 Å². The molecule has 0 amide bonds. The Morgan fingerprint density at radius 2 is 2.12 bits per heavy atom. The molecule has 1 aromatic rings. The highest BCUT2D eigenvalue weighted by Crippen LogP contribution is 2.38. The molecule has 1 heterocycles. The number of benzene rings is 1. The van der Waals surface area contributed by atoms with Gasteiger partial charge >= 0.3 is 0 Å². The number of halogens is 1. The number of alkyl halides is 1. The van der Waals surface area contributed by atoms with Crippen LogP contribution >= 0.6 is 0 Å². The molecule has 0 radical (unpaired) electrons. The Labute approximate surface area is 101 Å². The molecule has 2 unspecified atom stereocenters. The van der Waals surface area contributed by atoms with Crippen molar-refractivity contribution in [2.24, 2.45) is 5.92 Å². The van der Waals surface area contributed by atoms with Crippen molar-refractivity contribution < 1.29 is 13.9 Å². The zero-order valence-corrected chi connectivity index (χ0v) is 9.99. The zero-order valence-electron chi connectivity index (χ0n) is 9.99. The summed E-state index contributed by atoms with van der Waals surface area (Å²) in [4.78, 5) is 10.6. The second kappa shape index (κ2) is 4.96. The van der Waals surface area contributed by atoms with Crippen LogP contribution < -0.4 is 0 Å². The van der Waals surface area contributed by atoms with Gasteiger partial charge < -0.3 is 4.74 Å².